The van der Waals surface area contributed by atoms with Crippen LogP contribution in [0.5, 0.6) is 17.2 Å². The second kappa shape index (κ2) is 11.8. The van der Waals surface area contributed by atoms with Gasteiger partial charge in [0.05, 0.1) is 14.2 Å². The van der Waals surface area contributed by atoms with Gasteiger partial charge in [-0.15, -0.1) is 0 Å². The van der Waals surface area contributed by atoms with E-state index in [0.717, 1.165) is 33.8 Å². The lowest BCUT2D eigenvalue weighted by atomic mass is 9.98. The fraction of sp³-hybridized carbons (Fsp3) is 0.0909. The maximum Gasteiger partial charge on any atom is 0.238 e. The van der Waals surface area contributed by atoms with Gasteiger partial charge >= 0.3 is 0 Å². The summed E-state index contributed by atoms with van der Waals surface area (Å²) in [5, 5.41) is 10.2. The molecule has 0 fully saturated rings. The highest BCUT2D eigenvalue weighted by Gasteiger charge is 2.23. The van der Waals surface area contributed by atoms with E-state index in [1.54, 1.807) is 20.4 Å². The lowest BCUT2D eigenvalue weighted by molar-refractivity contribution is 0.306. The monoisotopic (exact) mass is 514 g/mol. The first-order valence-electron chi connectivity index (χ1n) is 12.4. The summed E-state index contributed by atoms with van der Waals surface area (Å²) in [5.74, 6) is 2.88. The maximum absolute atomic E-state index is 10.2. The van der Waals surface area contributed by atoms with Crippen LogP contribution in [-0.4, -0.2) is 20.4 Å². The number of aliphatic imine (C=N–C) groups is 1. The molecule has 1 heterocycles. The lowest BCUT2D eigenvalue weighted by Crippen LogP contribution is -1.98. The van der Waals surface area contributed by atoms with Gasteiger partial charge < -0.3 is 18.6 Å². The Labute approximate surface area is 227 Å². The van der Waals surface area contributed by atoms with Crippen LogP contribution in [0.2, 0.25) is 0 Å². The van der Waals surface area contributed by atoms with Gasteiger partial charge in [-0.1, -0.05) is 54.6 Å². The Morgan fingerprint density at radius 3 is 2.03 bits per heavy atom. The van der Waals surface area contributed by atoms with Crippen LogP contribution in [0.3, 0.4) is 0 Å². The molecule has 0 aliphatic rings. The summed E-state index contributed by atoms with van der Waals surface area (Å²) in [4.78, 5) is 4.62. The van der Waals surface area contributed by atoms with E-state index in [0.29, 0.717) is 29.2 Å². The van der Waals surface area contributed by atoms with Crippen LogP contribution >= 0.6 is 0 Å². The molecule has 0 N–H and O–H groups in total. The van der Waals surface area contributed by atoms with E-state index in [2.05, 4.69) is 11.1 Å². The van der Waals surface area contributed by atoms with Crippen molar-refractivity contribution in [2.75, 3.05) is 14.2 Å². The molecule has 0 aliphatic carbocycles. The number of nitriles is 1. The average Bonchev–Trinajstić information content (AvgIpc) is 3.38. The Balaban J connectivity index is 1.54. The van der Waals surface area contributed by atoms with Crippen molar-refractivity contribution in [2.24, 2.45) is 4.99 Å². The predicted molar refractivity (Wildman–Crippen MR) is 152 cm³/mol. The van der Waals surface area contributed by atoms with Crippen LogP contribution in [0.15, 0.2) is 113 Å². The zero-order valence-corrected chi connectivity index (χ0v) is 21.6. The largest absolute Gasteiger partial charge is 0.497 e. The van der Waals surface area contributed by atoms with Crippen LogP contribution < -0.4 is 14.2 Å². The molecule has 4 aromatic carbocycles. The minimum atomic E-state index is 0.215. The number of nitrogens with zero attached hydrogens (tertiary/aromatic N) is 2. The van der Waals surface area contributed by atoms with Crippen molar-refractivity contribution in [1.82, 2.24) is 0 Å². The number of rotatable bonds is 9. The first-order valence-corrected chi connectivity index (χ1v) is 12.4. The summed E-state index contributed by atoms with van der Waals surface area (Å²) in [5.41, 5.74) is 4.44. The number of para-hydroxylation sites is 1. The Kier molecular flexibility index (Phi) is 7.71. The second-order valence-electron chi connectivity index (χ2n) is 8.63. The third-order valence-corrected chi connectivity index (χ3v) is 6.21. The van der Waals surface area contributed by atoms with Crippen LogP contribution in [0, 0.1) is 11.3 Å². The van der Waals surface area contributed by atoms with Crippen molar-refractivity contribution in [3.63, 3.8) is 0 Å². The highest BCUT2D eigenvalue weighted by atomic mass is 16.5. The summed E-state index contributed by atoms with van der Waals surface area (Å²) in [6.45, 7) is 0.430. The number of methoxy groups -OCH3 is 2. The molecule has 0 saturated heterocycles. The molecule has 0 unspecified atom stereocenters. The number of ether oxygens (including phenoxy) is 3. The fourth-order valence-corrected chi connectivity index (χ4v) is 4.17. The van der Waals surface area contributed by atoms with Gasteiger partial charge in [0.1, 0.15) is 41.2 Å². The molecular weight excluding hydrogens is 488 g/mol. The van der Waals surface area contributed by atoms with Gasteiger partial charge in [0.15, 0.2) is 0 Å². The lowest BCUT2D eigenvalue weighted by Gasteiger charge is -2.08. The first kappa shape index (κ1) is 25.4. The zero-order chi connectivity index (χ0) is 27.0. The Morgan fingerprint density at radius 1 is 0.769 bits per heavy atom. The van der Waals surface area contributed by atoms with Crippen molar-refractivity contribution in [3.8, 4) is 45.8 Å². The van der Waals surface area contributed by atoms with Crippen molar-refractivity contribution in [1.29, 1.82) is 5.26 Å². The molecule has 0 bridgehead atoms. The average molecular weight is 515 g/mol. The summed E-state index contributed by atoms with van der Waals surface area (Å²) in [6, 6.07) is 34.9. The minimum absolute atomic E-state index is 0.215. The van der Waals surface area contributed by atoms with Gasteiger partial charge in [-0.25, -0.2) is 4.99 Å². The molecule has 5 aromatic rings. The minimum Gasteiger partial charge on any atom is -0.497 e. The standard InChI is InChI=1S/C33H26N2O4/c1-36-27-16-12-24(13-17-27)31-29(20-34)33(39-32(31)25-14-18-28(37-2)19-15-25)35-21-26-10-6-7-11-30(26)38-22-23-8-4-3-5-9-23/h3-19,21H,22H2,1-2H3. The van der Waals surface area contributed by atoms with E-state index in [1.165, 1.54) is 0 Å². The van der Waals surface area contributed by atoms with Crippen molar-refractivity contribution >= 4 is 12.1 Å². The number of hydrogen-bond acceptors (Lipinski definition) is 6. The molecule has 0 aliphatic heterocycles. The van der Waals surface area contributed by atoms with Gasteiger partial charge in [-0.05, 0) is 59.7 Å². The van der Waals surface area contributed by atoms with Gasteiger partial charge in [0.25, 0.3) is 0 Å². The third kappa shape index (κ3) is 5.68. The molecule has 0 atom stereocenters. The van der Waals surface area contributed by atoms with E-state index in [-0.39, 0.29) is 5.88 Å². The summed E-state index contributed by atoms with van der Waals surface area (Å²) in [7, 11) is 3.23. The molecule has 1 aromatic heterocycles. The van der Waals surface area contributed by atoms with Gasteiger partial charge in [-0.2, -0.15) is 5.26 Å². The van der Waals surface area contributed by atoms with E-state index >= 15 is 0 Å². The number of benzene rings is 4. The third-order valence-electron chi connectivity index (χ3n) is 6.21. The predicted octanol–water partition coefficient (Wildman–Crippen LogP) is 7.83. The van der Waals surface area contributed by atoms with Crippen LogP contribution in [0.4, 0.5) is 5.88 Å². The SMILES string of the molecule is COc1ccc(-c2oc(N=Cc3ccccc3OCc3ccccc3)c(C#N)c2-c2ccc(OC)cc2)cc1. The van der Waals surface area contributed by atoms with Crippen molar-refractivity contribution < 1.29 is 18.6 Å². The summed E-state index contributed by atoms with van der Waals surface area (Å²) < 4.78 is 23.0. The van der Waals surface area contributed by atoms with Crippen LogP contribution in [0.25, 0.3) is 22.5 Å². The molecule has 39 heavy (non-hydrogen) atoms. The van der Waals surface area contributed by atoms with Crippen molar-refractivity contribution in [3.05, 3.63) is 120 Å². The first-order chi connectivity index (χ1) is 19.2. The van der Waals surface area contributed by atoms with Crippen LogP contribution in [-0.2, 0) is 6.61 Å². The van der Waals surface area contributed by atoms with Crippen LogP contribution in [0.1, 0.15) is 16.7 Å². The van der Waals surface area contributed by atoms with E-state index in [9.17, 15) is 5.26 Å². The molecule has 0 amide bonds. The molecule has 0 radical (unpaired) electrons. The number of hydrogen-bond donors (Lipinski definition) is 0. The molecule has 0 spiro atoms. The van der Waals surface area contributed by atoms with Crippen molar-refractivity contribution in [2.45, 2.75) is 6.61 Å². The van der Waals surface area contributed by atoms with E-state index in [1.807, 2.05) is 103 Å². The Hall–Kier alpha value is -5.28. The normalized spacial score (nSPS) is 10.8. The number of furan rings is 1. The summed E-state index contributed by atoms with van der Waals surface area (Å²) in [6.07, 6.45) is 1.66. The highest BCUT2D eigenvalue weighted by molar-refractivity contribution is 5.91. The molecule has 6 heteroatoms. The summed E-state index contributed by atoms with van der Waals surface area (Å²) >= 11 is 0. The topological polar surface area (TPSA) is 77.0 Å². The molecule has 6 nitrogen and oxygen atoms in total. The van der Waals surface area contributed by atoms with Gasteiger partial charge in [-0.3, -0.25) is 0 Å². The smallest absolute Gasteiger partial charge is 0.238 e. The van der Waals surface area contributed by atoms with Gasteiger partial charge in [0.2, 0.25) is 5.88 Å². The van der Waals surface area contributed by atoms with Gasteiger partial charge in [0, 0.05) is 22.9 Å². The fourth-order valence-electron chi connectivity index (χ4n) is 4.17. The molecule has 192 valence electrons. The molecule has 5 rings (SSSR count). The Bertz CT molecular complexity index is 1610. The quantitative estimate of drug-likeness (QED) is 0.187. The highest BCUT2D eigenvalue weighted by Crippen LogP contribution is 2.43. The van der Waals surface area contributed by atoms with E-state index in [4.69, 9.17) is 18.6 Å². The zero-order valence-electron chi connectivity index (χ0n) is 21.6. The second-order valence-corrected chi connectivity index (χ2v) is 8.63. The Morgan fingerprint density at radius 2 is 1.38 bits per heavy atom. The maximum atomic E-state index is 10.2. The molecule has 0 saturated carbocycles. The van der Waals surface area contributed by atoms with E-state index < -0.39 is 0 Å². The molecular formula is C33H26N2O4.